The van der Waals surface area contributed by atoms with Crippen LogP contribution < -0.4 is 5.73 Å². The van der Waals surface area contributed by atoms with E-state index in [-0.39, 0.29) is 0 Å². The van der Waals surface area contributed by atoms with Crippen molar-refractivity contribution >= 4 is 11.8 Å². The minimum atomic E-state index is 0.342. The lowest BCUT2D eigenvalue weighted by atomic mass is 9.94. The van der Waals surface area contributed by atoms with Crippen LogP contribution in [0.1, 0.15) is 18.9 Å². The molecule has 2 atom stereocenters. The van der Waals surface area contributed by atoms with Gasteiger partial charge in [0.25, 0.3) is 0 Å². The van der Waals surface area contributed by atoms with Crippen molar-refractivity contribution in [3.05, 3.63) is 29.8 Å². The third kappa shape index (κ3) is 3.47. The molecule has 2 rings (SSSR count). The highest BCUT2D eigenvalue weighted by molar-refractivity contribution is 7.98. The van der Waals surface area contributed by atoms with Crippen molar-refractivity contribution in [3.63, 3.8) is 0 Å². The van der Waals surface area contributed by atoms with Gasteiger partial charge in [-0.1, -0.05) is 19.1 Å². The van der Waals surface area contributed by atoms with Gasteiger partial charge in [0.2, 0.25) is 0 Å². The quantitative estimate of drug-likeness (QED) is 0.836. The van der Waals surface area contributed by atoms with Crippen LogP contribution in [0.25, 0.3) is 0 Å². The molecule has 1 aliphatic rings. The fourth-order valence-corrected chi connectivity index (χ4v) is 2.71. The lowest BCUT2D eigenvalue weighted by Crippen LogP contribution is -2.47. The minimum Gasteiger partial charge on any atom is -0.326 e. The molecule has 1 heterocycles. The lowest BCUT2D eigenvalue weighted by molar-refractivity contribution is 0.162. The van der Waals surface area contributed by atoms with Crippen LogP contribution in [0.5, 0.6) is 0 Å². The van der Waals surface area contributed by atoms with Crippen LogP contribution in [-0.4, -0.2) is 30.3 Å². The Morgan fingerprint density at radius 1 is 1.35 bits per heavy atom. The van der Waals surface area contributed by atoms with E-state index in [1.807, 2.05) is 0 Å². The molecule has 1 aromatic rings. The summed E-state index contributed by atoms with van der Waals surface area (Å²) in [5, 5.41) is 0. The van der Waals surface area contributed by atoms with Gasteiger partial charge in [-0.2, -0.15) is 0 Å². The van der Waals surface area contributed by atoms with Gasteiger partial charge in [0, 0.05) is 24.0 Å². The van der Waals surface area contributed by atoms with Gasteiger partial charge < -0.3 is 5.73 Å². The molecule has 0 amide bonds. The molecule has 2 unspecified atom stereocenters. The van der Waals surface area contributed by atoms with Crippen molar-refractivity contribution in [1.29, 1.82) is 0 Å². The monoisotopic (exact) mass is 250 g/mol. The van der Waals surface area contributed by atoms with Crippen LogP contribution in [-0.2, 0) is 6.54 Å². The van der Waals surface area contributed by atoms with E-state index >= 15 is 0 Å². The van der Waals surface area contributed by atoms with Crippen LogP contribution in [0.3, 0.4) is 0 Å². The van der Waals surface area contributed by atoms with Gasteiger partial charge in [0.15, 0.2) is 0 Å². The number of nitrogens with zero attached hydrogens (tertiary/aromatic N) is 1. The van der Waals surface area contributed by atoms with Gasteiger partial charge in [0.1, 0.15) is 0 Å². The first-order valence-corrected chi connectivity index (χ1v) is 7.52. The molecule has 0 bridgehead atoms. The summed E-state index contributed by atoms with van der Waals surface area (Å²) in [5.74, 6) is 0.671. The number of hydrogen-bond donors (Lipinski definition) is 1. The molecular weight excluding hydrogens is 228 g/mol. The van der Waals surface area contributed by atoms with Crippen LogP contribution >= 0.6 is 11.8 Å². The van der Waals surface area contributed by atoms with Gasteiger partial charge in [-0.15, -0.1) is 11.8 Å². The molecule has 2 N–H and O–H groups in total. The Labute approximate surface area is 109 Å². The second kappa shape index (κ2) is 5.89. The summed E-state index contributed by atoms with van der Waals surface area (Å²) in [7, 11) is 0. The predicted octanol–water partition coefficient (Wildman–Crippen LogP) is 2.58. The summed E-state index contributed by atoms with van der Waals surface area (Å²) in [6, 6.07) is 9.21. The molecular formula is C14H22N2S. The van der Waals surface area contributed by atoms with E-state index in [0.29, 0.717) is 12.0 Å². The molecule has 0 saturated carbocycles. The van der Waals surface area contributed by atoms with E-state index in [0.717, 1.165) is 13.1 Å². The molecule has 1 aliphatic heterocycles. The van der Waals surface area contributed by atoms with Crippen molar-refractivity contribution in [2.75, 3.05) is 19.3 Å². The first-order chi connectivity index (χ1) is 8.19. The van der Waals surface area contributed by atoms with Gasteiger partial charge >= 0.3 is 0 Å². The number of thioether (sulfide) groups is 1. The Hall–Kier alpha value is -0.510. The molecule has 17 heavy (non-hydrogen) atoms. The number of piperidine rings is 1. The SMILES string of the molecule is CSc1ccc(CN2CCC(C)C(N)C2)cc1. The Bertz CT molecular complexity index is 350. The van der Waals surface area contributed by atoms with Crippen molar-refractivity contribution < 1.29 is 0 Å². The number of benzene rings is 1. The molecule has 0 spiro atoms. The molecule has 0 radical (unpaired) electrons. The van der Waals surface area contributed by atoms with E-state index in [4.69, 9.17) is 5.73 Å². The number of hydrogen-bond acceptors (Lipinski definition) is 3. The Morgan fingerprint density at radius 3 is 2.65 bits per heavy atom. The Morgan fingerprint density at radius 2 is 2.06 bits per heavy atom. The first-order valence-electron chi connectivity index (χ1n) is 6.30. The van der Waals surface area contributed by atoms with Crippen LogP contribution in [0.15, 0.2) is 29.2 Å². The molecule has 94 valence electrons. The maximum absolute atomic E-state index is 6.12. The highest BCUT2D eigenvalue weighted by Crippen LogP contribution is 2.19. The van der Waals surface area contributed by atoms with Crippen LogP contribution in [0.2, 0.25) is 0 Å². The molecule has 2 nitrogen and oxygen atoms in total. The average Bonchev–Trinajstić information content (AvgIpc) is 2.35. The molecule has 1 fully saturated rings. The van der Waals surface area contributed by atoms with Crippen LogP contribution in [0, 0.1) is 5.92 Å². The fraction of sp³-hybridized carbons (Fsp3) is 0.571. The lowest BCUT2D eigenvalue weighted by Gasteiger charge is -2.35. The smallest absolute Gasteiger partial charge is 0.0234 e. The highest BCUT2D eigenvalue weighted by atomic mass is 32.2. The second-order valence-electron chi connectivity index (χ2n) is 5.01. The largest absolute Gasteiger partial charge is 0.326 e. The van der Waals surface area contributed by atoms with Gasteiger partial charge in [-0.25, -0.2) is 0 Å². The standard InChI is InChI=1S/C14H22N2S/c1-11-7-8-16(10-14(11)15)9-12-3-5-13(17-2)6-4-12/h3-6,11,14H,7-10,15H2,1-2H3. The van der Waals surface area contributed by atoms with E-state index in [2.05, 4.69) is 42.3 Å². The van der Waals surface area contributed by atoms with E-state index in [1.54, 1.807) is 11.8 Å². The third-order valence-corrected chi connectivity index (χ3v) is 4.41. The predicted molar refractivity (Wildman–Crippen MR) is 75.3 cm³/mol. The molecule has 1 aromatic carbocycles. The number of nitrogens with two attached hydrogens (primary N) is 1. The number of likely N-dealkylation sites (tertiary alicyclic amines) is 1. The van der Waals surface area contributed by atoms with Gasteiger partial charge in [0.05, 0.1) is 0 Å². The fourth-order valence-electron chi connectivity index (χ4n) is 2.30. The molecule has 1 saturated heterocycles. The van der Waals surface area contributed by atoms with Crippen molar-refractivity contribution in [2.24, 2.45) is 11.7 Å². The van der Waals surface area contributed by atoms with Gasteiger partial charge in [-0.3, -0.25) is 4.90 Å². The molecule has 0 aliphatic carbocycles. The third-order valence-electron chi connectivity index (χ3n) is 3.67. The van der Waals surface area contributed by atoms with Crippen LogP contribution in [0.4, 0.5) is 0 Å². The zero-order chi connectivity index (χ0) is 12.3. The van der Waals surface area contributed by atoms with E-state index < -0.39 is 0 Å². The van der Waals surface area contributed by atoms with Crippen molar-refractivity contribution in [1.82, 2.24) is 4.90 Å². The summed E-state index contributed by atoms with van der Waals surface area (Å²) in [6.45, 7) is 5.51. The average molecular weight is 250 g/mol. The Kier molecular flexibility index (Phi) is 4.48. The maximum atomic E-state index is 6.12. The summed E-state index contributed by atoms with van der Waals surface area (Å²) < 4.78 is 0. The summed E-state index contributed by atoms with van der Waals surface area (Å²) in [5.41, 5.74) is 7.52. The molecule has 3 heteroatoms. The maximum Gasteiger partial charge on any atom is 0.0234 e. The zero-order valence-corrected chi connectivity index (χ0v) is 11.5. The van der Waals surface area contributed by atoms with Gasteiger partial charge in [-0.05, 0) is 42.8 Å². The van der Waals surface area contributed by atoms with Crippen molar-refractivity contribution in [2.45, 2.75) is 30.8 Å². The summed E-state index contributed by atoms with van der Waals surface area (Å²) >= 11 is 1.79. The molecule has 0 aromatic heterocycles. The van der Waals surface area contributed by atoms with E-state index in [1.165, 1.54) is 23.4 Å². The number of rotatable bonds is 3. The zero-order valence-electron chi connectivity index (χ0n) is 10.7. The Balaban J connectivity index is 1.92. The highest BCUT2D eigenvalue weighted by Gasteiger charge is 2.22. The second-order valence-corrected chi connectivity index (χ2v) is 5.89. The van der Waals surface area contributed by atoms with Crippen molar-refractivity contribution in [3.8, 4) is 0 Å². The first kappa shape index (κ1) is 12.9. The van der Waals surface area contributed by atoms with E-state index in [9.17, 15) is 0 Å². The minimum absolute atomic E-state index is 0.342. The normalized spacial score (nSPS) is 26.1. The summed E-state index contributed by atoms with van der Waals surface area (Å²) in [6.07, 6.45) is 3.34. The summed E-state index contributed by atoms with van der Waals surface area (Å²) in [4.78, 5) is 3.80. The topological polar surface area (TPSA) is 29.3 Å².